The maximum absolute atomic E-state index is 12.3. The fourth-order valence-electron chi connectivity index (χ4n) is 3.86. The molecule has 0 aromatic heterocycles. The number of fused-ring (bicyclic) bond motifs is 3. The number of nitrogens with one attached hydrogen (secondary N) is 1. The zero-order valence-corrected chi connectivity index (χ0v) is 16.4. The van der Waals surface area contributed by atoms with Crippen LogP contribution in [-0.2, 0) is 23.9 Å². The molecule has 7 heteroatoms. The van der Waals surface area contributed by atoms with Gasteiger partial charge in [-0.2, -0.15) is 0 Å². The van der Waals surface area contributed by atoms with Crippen molar-refractivity contribution < 1.29 is 23.9 Å². The Hall–Kier alpha value is -3.74. The second kappa shape index (κ2) is 7.94. The van der Waals surface area contributed by atoms with Gasteiger partial charge in [-0.15, -0.1) is 0 Å². The van der Waals surface area contributed by atoms with E-state index in [0.717, 1.165) is 27.2 Å². The summed E-state index contributed by atoms with van der Waals surface area (Å²) >= 11 is 0. The zero-order valence-electron chi connectivity index (χ0n) is 16.4. The number of amides is 3. The average Bonchev–Trinajstić information content (AvgIpc) is 3.21. The van der Waals surface area contributed by atoms with E-state index in [1.807, 2.05) is 42.5 Å². The number of nitrogens with zero attached hydrogens (tertiary/aromatic N) is 1. The number of ether oxygens (including phenoxy) is 1. The topological polar surface area (TPSA) is 92.8 Å². The van der Waals surface area contributed by atoms with E-state index in [1.54, 1.807) is 0 Å². The number of carbonyl (C=O) groups is 4. The van der Waals surface area contributed by atoms with Crippen molar-refractivity contribution in [3.63, 3.8) is 0 Å². The summed E-state index contributed by atoms with van der Waals surface area (Å²) in [5.74, 6) is -1.56. The molecule has 30 heavy (non-hydrogen) atoms. The van der Waals surface area contributed by atoms with E-state index in [9.17, 15) is 19.2 Å². The van der Waals surface area contributed by atoms with Crippen LogP contribution >= 0.6 is 0 Å². The Morgan fingerprint density at radius 3 is 2.43 bits per heavy atom. The number of rotatable bonds is 6. The number of carbonyl (C=O) groups excluding carboxylic acids is 4. The van der Waals surface area contributed by atoms with Crippen LogP contribution in [0.3, 0.4) is 0 Å². The molecule has 1 aliphatic heterocycles. The molecule has 3 amide bonds. The predicted octanol–water partition coefficient (Wildman–Crippen LogP) is 2.62. The molecule has 0 bridgehead atoms. The van der Waals surface area contributed by atoms with Crippen molar-refractivity contribution in [2.24, 2.45) is 0 Å². The summed E-state index contributed by atoms with van der Waals surface area (Å²) in [7, 11) is 0. The lowest BCUT2D eigenvalue weighted by molar-refractivity contribution is -0.141. The SMILES string of the molecule is CC(=O)OCC1c2ccccc2-c2ccc(NC(=O)CCN3C(=O)C=CC3=O)cc21. The molecule has 2 aromatic rings. The van der Waals surface area contributed by atoms with Crippen LogP contribution in [-0.4, -0.2) is 41.7 Å². The predicted molar refractivity (Wildman–Crippen MR) is 109 cm³/mol. The Labute approximate surface area is 173 Å². The molecule has 0 spiro atoms. The fourth-order valence-corrected chi connectivity index (χ4v) is 3.86. The van der Waals surface area contributed by atoms with Crippen molar-refractivity contribution in [1.82, 2.24) is 4.90 Å². The molecule has 1 aliphatic carbocycles. The highest BCUT2D eigenvalue weighted by Gasteiger charge is 2.30. The van der Waals surface area contributed by atoms with Crippen LogP contribution in [0.5, 0.6) is 0 Å². The number of hydrogen-bond donors (Lipinski definition) is 1. The van der Waals surface area contributed by atoms with Gasteiger partial charge in [-0.25, -0.2) is 0 Å². The Morgan fingerprint density at radius 1 is 1.00 bits per heavy atom. The summed E-state index contributed by atoms with van der Waals surface area (Å²) in [5.41, 5.74) is 4.79. The Bertz CT molecular complexity index is 1070. The minimum atomic E-state index is -0.406. The largest absolute Gasteiger partial charge is 0.465 e. The third-order valence-corrected chi connectivity index (χ3v) is 5.25. The molecule has 0 radical (unpaired) electrons. The molecule has 2 aromatic carbocycles. The van der Waals surface area contributed by atoms with Gasteiger partial charge in [-0.1, -0.05) is 30.3 Å². The number of esters is 1. The first-order valence-corrected chi connectivity index (χ1v) is 9.64. The van der Waals surface area contributed by atoms with E-state index in [1.165, 1.54) is 19.1 Å². The molecule has 0 saturated carbocycles. The van der Waals surface area contributed by atoms with Gasteiger partial charge in [-0.05, 0) is 34.4 Å². The van der Waals surface area contributed by atoms with Gasteiger partial charge < -0.3 is 10.1 Å². The Balaban J connectivity index is 1.49. The maximum Gasteiger partial charge on any atom is 0.302 e. The van der Waals surface area contributed by atoms with Crippen LogP contribution in [0.15, 0.2) is 54.6 Å². The first-order valence-electron chi connectivity index (χ1n) is 9.64. The fraction of sp³-hybridized carbons (Fsp3) is 0.217. The van der Waals surface area contributed by atoms with Gasteiger partial charge in [0.25, 0.3) is 11.8 Å². The van der Waals surface area contributed by atoms with E-state index in [-0.39, 0.29) is 37.4 Å². The maximum atomic E-state index is 12.3. The van der Waals surface area contributed by atoms with E-state index >= 15 is 0 Å². The second-order valence-corrected chi connectivity index (χ2v) is 7.20. The molecule has 4 rings (SSSR count). The van der Waals surface area contributed by atoms with Gasteiger partial charge in [0.2, 0.25) is 5.91 Å². The van der Waals surface area contributed by atoms with E-state index in [0.29, 0.717) is 5.69 Å². The number of benzene rings is 2. The molecule has 1 atom stereocenters. The number of imide groups is 1. The van der Waals surface area contributed by atoms with Crippen LogP contribution in [0.1, 0.15) is 30.4 Å². The van der Waals surface area contributed by atoms with Crippen LogP contribution in [0.25, 0.3) is 11.1 Å². The Morgan fingerprint density at radius 2 is 1.70 bits per heavy atom. The van der Waals surface area contributed by atoms with Crippen LogP contribution in [0.2, 0.25) is 0 Å². The van der Waals surface area contributed by atoms with Crippen molar-refractivity contribution in [2.75, 3.05) is 18.5 Å². The lowest BCUT2D eigenvalue weighted by Crippen LogP contribution is -2.33. The summed E-state index contributed by atoms with van der Waals surface area (Å²) in [6, 6.07) is 13.6. The van der Waals surface area contributed by atoms with Gasteiger partial charge >= 0.3 is 5.97 Å². The number of anilines is 1. The molecule has 1 unspecified atom stereocenters. The molecular weight excluding hydrogens is 384 g/mol. The molecular formula is C23H20N2O5. The lowest BCUT2D eigenvalue weighted by atomic mass is 9.97. The van der Waals surface area contributed by atoms with Crippen molar-refractivity contribution in [1.29, 1.82) is 0 Å². The molecule has 0 saturated heterocycles. The molecule has 2 aliphatic rings. The van der Waals surface area contributed by atoms with Gasteiger partial charge in [0.1, 0.15) is 6.61 Å². The molecule has 1 heterocycles. The molecule has 0 fully saturated rings. The van der Waals surface area contributed by atoms with Crippen molar-refractivity contribution in [3.8, 4) is 11.1 Å². The summed E-state index contributed by atoms with van der Waals surface area (Å²) < 4.78 is 5.27. The standard InChI is InChI=1S/C23H20N2O5/c1-14(26)30-13-20-17-5-3-2-4-16(17)18-7-6-15(12-19(18)20)24-21(27)10-11-25-22(28)8-9-23(25)29/h2-9,12,20H,10-11,13H2,1H3,(H,24,27). The zero-order chi connectivity index (χ0) is 21.3. The second-order valence-electron chi connectivity index (χ2n) is 7.20. The van der Waals surface area contributed by atoms with Crippen LogP contribution < -0.4 is 5.32 Å². The highest BCUT2D eigenvalue weighted by atomic mass is 16.5. The summed E-state index contributed by atoms with van der Waals surface area (Å²) in [6.45, 7) is 1.63. The van der Waals surface area contributed by atoms with Crippen molar-refractivity contribution >= 4 is 29.4 Å². The average molecular weight is 404 g/mol. The summed E-state index contributed by atoms with van der Waals surface area (Å²) in [4.78, 5) is 47.9. The van der Waals surface area contributed by atoms with Crippen LogP contribution in [0, 0.1) is 0 Å². The third kappa shape index (κ3) is 3.74. The molecule has 152 valence electrons. The minimum Gasteiger partial charge on any atom is -0.465 e. The van der Waals surface area contributed by atoms with Crippen molar-refractivity contribution in [3.05, 3.63) is 65.7 Å². The third-order valence-electron chi connectivity index (χ3n) is 5.25. The number of hydrogen-bond acceptors (Lipinski definition) is 5. The highest BCUT2D eigenvalue weighted by molar-refractivity contribution is 6.13. The summed E-state index contributed by atoms with van der Waals surface area (Å²) in [6.07, 6.45) is 2.40. The molecule has 7 nitrogen and oxygen atoms in total. The first-order chi connectivity index (χ1) is 14.4. The molecule has 1 N–H and O–H groups in total. The highest BCUT2D eigenvalue weighted by Crippen LogP contribution is 2.45. The van der Waals surface area contributed by atoms with Gasteiger partial charge in [0.15, 0.2) is 0 Å². The smallest absolute Gasteiger partial charge is 0.302 e. The van der Waals surface area contributed by atoms with E-state index in [2.05, 4.69) is 5.32 Å². The van der Waals surface area contributed by atoms with Crippen molar-refractivity contribution in [2.45, 2.75) is 19.3 Å². The van der Waals surface area contributed by atoms with Crippen LogP contribution in [0.4, 0.5) is 5.69 Å². The quantitative estimate of drug-likeness (QED) is 0.590. The van der Waals surface area contributed by atoms with Gasteiger partial charge in [0, 0.05) is 43.6 Å². The first kappa shape index (κ1) is 19.6. The minimum absolute atomic E-state index is 0.00729. The van der Waals surface area contributed by atoms with E-state index in [4.69, 9.17) is 4.74 Å². The van der Waals surface area contributed by atoms with Gasteiger partial charge in [-0.3, -0.25) is 24.1 Å². The lowest BCUT2D eigenvalue weighted by Gasteiger charge is -2.15. The Kier molecular flexibility index (Phi) is 5.18. The summed E-state index contributed by atoms with van der Waals surface area (Å²) in [5, 5.41) is 2.82. The monoisotopic (exact) mass is 404 g/mol. The normalized spacial score (nSPS) is 16.4. The van der Waals surface area contributed by atoms with E-state index < -0.39 is 11.8 Å². The van der Waals surface area contributed by atoms with Gasteiger partial charge in [0.05, 0.1) is 0 Å².